The van der Waals surface area contributed by atoms with Crippen molar-refractivity contribution in [1.29, 1.82) is 0 Å². The highest BCUT2D eigenvalue weighted by atomic mass is 16.5. The molecule has 1 aliphatic heterocycles. The lowest BCUT2D eigenvalue weighted by Gasteiger charge is -2.34. The number of fused-ring (bicyclic) bond motifs is 1. The van der Waals surface area contributed by atoms with Gasteiger partial charge in [-0.3, -0.25) is 9.48 Å². The van der Waals surface area contributed by atoms with Crippen LogP contribution in [0.15, 0.2) is 41.2 Å². The lowest BCUT2D eigenvalue weighted by molar-refractivity contribution is -0.116. The highest BCUT2D eigenvalue weighted by Gasteiger charge is 2.28. The summed E-state index contributed by atoms with van der Waals surface area (Å²) in [5.41, 5.74) is 5.02. The van der Waals surface area contributed by atoms with E-state index >= 15 is 0 Å². The van der Waals surface area contributed by atoms with Crippen LogP contribution in [0.4, 0.5) is 11.4 Å². The summed E-state index contributed by atoms with van der Waals surface area (Å²) >= 11 is 0. The van der Waals surface area contributed by atoms with Gasteiger partial charge in [-0.1, -0.05) is 5.16 Å². The Balaban J connectivity index is 1.66. The molecule has 4 rings (SSSR count). The molecule has 1 aromatic carbocycles. The lowest BCUT2D eigenvalue weighted by Crippen LogP contribution is -2.36. The van der Waals surface area contributed by atoms with Crippen molar-refractivity contribution in [2.24, 2.45) is 0 Å². The SMILES string of the molecule is CC(=O)N1CCC(n2cccn2)c2cc(NCc3c(C)noc3C)ccc21. The van der Waals surface area contributed by atoms with Gasteiger partial charge in [0, 0.05) is 54.9 Å². The van der Waals surface area contributed by atoms with Crippen LogP contribution in [0.5, 0.6) is 0 Å². The third-order valence-corrected chi connectivity index (χ3v) is 5.18. The number of hydrogen-bond acceptors (Lipinski definition) is 5. The molecular formula is C20H23N5O2. The summed E-state index contributed by atoms with van der Waals surface area (Å²) in [6.45, 7) is 6.81. The fourth-order valence-electron chi connectivity index (χ4n) is 3.72. The van der Waals surface area contributed by atoms with Crippen molar-refractivity contribution in [2.75, 3.05) is 16.8 Å². The predicted octanol–water partition coefficient (Wildman–Crippen LogP) is 3.45. The van der Waals surface area contributed by atoms with E-state index in [4.69, 9.17) is 4.52 Å². The number of amides is 1. The second-order valence-electron chi connectivity index (χ2n) is 6.89. The second kappa shape index (κ2) is 6.90. The summed E-state index contributed by atoms with van der Waals surface area (Å²) in [6, 6.07) is 8.19. The average molecular weight is 365 g/mol. The van der Waals surface area contributed by atoms with Crippen LogP contribution in [0.3, 0.4) is 0 Å². The Kier molecular flexibility index (Phi) is 4.43. The topological polar surface area (TPSA) is 76.2 Å². The first-order valence-electron chi connectivity index (χ1n) is 9.11. The van der Waals surface area contributed by atoms with E-state index in [1.165, 1.54) is 0 Å². The Morgan fingerprint density at radius 3 is 2.89 bits per heavy atom. The second-order valence-corrected chi connectivity index (χ2v) is 6.89. The third-order valence-electron chi connectivity index (χ3n) is 5.18. The van der Waals surface area contributed by atoms with Gasteiger partial charge in [-0.2, -0.15) is 5.10 Å². The monoisotopic (exact) mass is 365 g/mol. The largest absolute Gasteiger partial charge is 0.381 e. The van der Waals surface area contributed by atoms with Crippen LogP contribution >= 0.6 is 0 Å². The van der Waals surface area contributed by atoms with Crippen molar-refractivity contribution in [2.45, 2.75) is 39.8 Å². The van der Waals surface area contributed by atoms with Gasteiger partial charge in [-0.05, 0) is 44.5 Å². The van der Waals surface area contributed by atoms with Gasteiger partial charge < -0.3 is 14.7 Å². The van der Waals surface area contributed by atoms with Gasteiger partial charge in [-0.15, -0.1) is 0 Å². The van der Waals surface area contributed by atoms with Crippen molar-refractivity contribution in [3.63, 3.8) is 0 Å². The van der Waals surface area contributed by atoms with Crippen LogP contribution in [0, 0.1) is 13.8 Å². The molecule has 7 nitrogen and oxygen atoms in total. The molecule has 0 saturated carbocycles. The molecule has 1 N–H and O–H groups in total. The molecule has 1 amide bonds. The van der Waals surface area contributed by atoms with Gasteiger partial charge in [0.15, 0.2) is 0 Å². The third kappa shape index (κ3) is 3.20. The first kappa shape index (κ1) is 17.3. The maximum absolute atomic E-state index is 12.1. The Morgan fingerprint density at radius 1 is 1.37 bits per heavy atom. The molecule has 0 fully saturated rings. The minimum Gasteiger partial charge on any atom is -0.381 e. The van der Waals surface area contributed by atoms with E-state index in [0.717, 1.165) is 40.4 Å². The highest BCUT2D eigenvalue weighted by Crippen LogP contribution is 2.37. The zero-order chi connectivity index (χ0) is 19.0. The van der Waals surface area contributed by atoms with E-state index in [9.17, 15) is 4.79 Å². The van der Waals surface area contributed by atoms with E-state index in [1.807, 2.05) is 47.8 Å². The molecule has 7 heteroatoms. The number of aromatic nitrogens is 3. The van der Waals surface area contributed by atoms with E-state index in [2.05, 4.69) is 21.6 Å². The van der Waals surface area contributed by atoms with Crippen LogP contribution in [-0.4, -0.2) is 27.4 Å². The van der Waals surface area contributed by atoms with Gasteiger partial charge in [0.2, 0.25) is 5.91 Å². The highest BCUT2D eigenvalue weighted by molar-refractivity contribution is 5.93. The van der Waals surface area contributed by atoms with Crippen molar-refractivity contribution in [3.8, 4) is 0 Å². The molecule has 0 spiro atoms. The van der Waals surface area contributed by atoms with Gasteiger partial charge in [0.05, 0.1) is 11.7 Å². The fraction of sp³-hybridized carbons (Fsp3) is 0.350. The summed E-state index contributed by atoms with van der Waals surface area (Å²) in [4.78, 5) is 13.9. The average Bonchev–Trinajstić information content (AvgIpc) is 3.29. The van der Waals surface area contributed by atoms with Crippen LogP contribution in [-0.2, 0) is 11.3 Å². The fourth-order valence-corrected chi connectivity index (χ4v) is 3.72. The molecule has 1 aliphatic rings. The number of carbonyl (C=O) groups is 1. The Morgan fingerprint density at radius 2 is 2.22 bits per heavy atom. The molecular weight excluding hydrogens is 342 g/mol. The van der Waals surface area contributed by atoms with Crippen molar-refractivity contribution >= 4 is 17.3 Å². The number of nitrogens with zero attached hydrogens (tertiary/aromatic N) is 4. The van der Waals surface area contributed by atoms with E-state index in [-0.39, 0.29) is 11.9 Å². The molecule has 2 aromatic heterocycles. The molecule has 0 radical (unpaired) electrons. The zero-order valence-corrected chi connectivity index (χ0v) is 15.8. The number of benzene rings is 1. The van der Waals surface area contributed by atoms with E-state index in [0.29, 0.717) is 13.1 Å². The van der Waals surface area contributed by atoms with Gasteiger partial charge in [0.1, 0.15) is 5.76 Å². The summed E-state index contributed by atoms with van der Waals surface area (Å²) in [6.07, 6.45) is 4.60. The Bertz CT molecular complexity index is 941. The first-order valence-corrected chi connectivity index (χ1v) is 9.11. The molecule has 3 aromatic rings. The first-order chi connectivity index (χ1) is 13.0. The molecule has 3 heterocycles. The summed E-state index contributed by atoms with van der Waals surface area (Å²) < 4.78 is 7.20. The van der Waals surface area contributed by atoms with Crippen molar-refractivity contribution < 1.29 is 9.32 Å². The predicted molar refractivity (Wildman–Crippen MR) is 103 cm³/mol. The van der Waals surface area contributed by atoms with Crippen LogP contribution in [0.25, 0.3) is 0 Å². The van der Waals surface area contributed by atoms with Crippen molar-refractivity contribution in [3.05, 3.63) is 59.2 Å². The summed E-state index contributed by atoms with van der Waals surface area (Å²) in [7, 11) is 0. The zero-order valence-electron chi connectivity index (χ0n) is 15.8. The van der Waals surface area contributed by atoms with E-state index in [1.54, 1.807) is 13.1 Å². The molecule has 140 valence electrons. The molecule has 0 bridgehead atoms. The number of rotatable bonds is 4. The Labute approximate surface area is 158 Å². The van der Waals surface area contributed by atoms with Gasteiger partial charge >= 0.3 is 0 Å². The number of aryl methyl sites for hydroxylation is 2. The van der Waals surface area contributed by atoms with E-state index < -0.39 is 0 Å². The minimum absolute atomic E-state index is 0.0617. The molecule has 0 aliphatic carbocycles. The maximum Gasteiger partial charge on any atom is 0.223 e. The normalized spacial score (nSPS) is 16.3. The summed E-state index contributed by atoms with van der Waals surface area (Å²) in [5.74, 6) is 0.890. The standard InChI is InChI=1S/C20H23N5O2/c1-13-18(14(2)27-23-13)12-21-16-5-6-19-17(11-16)20(25-9-4-8-22-25)7-10-24(19)15(3)26/h4-6,8-9,11,20-21H,7,10,12H2,1-3H3. The molecule has 1 unspecified atom stereocenters. The van der Waals surface area contributed by atoms with Crippen LogP contribution in [0.1, 0.15) is 42.0 Å². The number of anilines is 2. The molecule has 0 saturated heterocycles. The number of carbonyl (C=O) groups excluding carboxylic acids is 1. The summed E-state index contributed by atoms with van der Waals surface area (Å²) in [5, 5.41) is 11.9. The number of nitrogens with one attached hydrogen (secondary N) is 1. The van der Waals surface area contributed by atoms with Crippen molar-refractivity contribution in [1.82, 2.24) is 14.9 Å². The smallest absolute Gasteiger partial charge is 0.223 e. The minimum atomic E-state index is 0.0617. The maximum atomic E-state index is 12.1. The number of hydrogen-bond donors (Lipinski definition) is 1. The van der Waals surface area contributed by atoms with Crippen LogP contribution < -0.4 is 10.2 Å². The molecule has 27 heavy (non-hydrogen) atoms. The van der Waals surface area contributed by atoms with Gasteiger partial charge in [0.25, 0.3) is 0 Å². The Hall–Kier alpha value is -3.09. The quantitative estimate of drug-likeness (QED) is 0.766. The lowest BCUT2D eigenvalue weighted by atomic mass is 9.95. The van der Waals surface area contributed by atoms with Gasteiger partial charge in [-0.25, -0.2) is 0 Å². The molecule has 1 atom stereocenters. The van der Waals surface area contributed by atoms with Crippen LogP contribution in [0.2, 0.25) is 0 Å².